The molecule has 0 radical (unpaired) electrons. The molecule has 9 rings (SSSR count). The number of hydrogen-bond donors (Lipinski definition) is 3. The fourth-order valence-corrected chi connectivity index (χ4v) is 7.92. The minimum absolute atomic E-state index is 0.00695. The maximum absolute atomic E-state index is 3.81. The van der Waals surface area contributed by atoms with Crippen molar-refractivity contribution in [3.05, 3.63) is 162 Å². The Bertz CT molecular complexity index is 2220. The number of fused-ring (bicyclic) bond motifs is 6. The maximum atomic E-state index is 3.81. The molecular weight excluding hydrogens is 557 g/mol. The predicted octanol–water partition coefficient (Wildman–Crippen LogP) is 9.33. The number of thiophene rings is 1. The van der Waals surface area contributed by atoms with Gasteiger partial charge in [-0.25, -0.2) is 0 Å². The second kappa shape index (κ2) is 10.4. The van der Waals surface area contributed by atoms with Gasteiger partial charge in [0.05, 0.1) is 29.5 Å². The first kappa shape index (κ1) is 25.7. The number of para-hydroxylation sites is 1. The molecule has 0 amide bonds. The molecule has 1 aliphatic heterocycles. The molecule has 0 bridgehead atoms. The van der Waals surface area contributed by atoms with E-state index < -0.39 is 0 Å². The van der Waals surface area contributed by atoms with Gasteiger partial charge in [-0.05, 0) is 53.1 Å². The number of aromatic nitrogens is 1. The number of rotatable bonds is 4. The molecule has 5 heteroatoms. The number of nitrogens with one attached hydrogen (secondary N) is 3. The van der Waals surface area contributed by atoms with Crippen LogP contribution in [0.4, 0.5) is 0 Å². The summed E-state index contributed by atoms with van der Waals surface area (Å²) >= 11 is 1.88. The minimum atomic E-state index is -0.0318. The van der Waals surface area contributed by atoms with Crippen molar-refractivity contribution in [2.75, 3.05) is 0 Å². The predicted molar refractivity (Wildman–Crippen MR) is 184 cm³/mol. The van der Waals surface area contributed by atoms with Crippen molar-refractivity contribution in [2.45, 2.75) is 18.5 Å². The highest BCUT2D eigenvalue weighted by Gasteiger charge is 2.29. The van der Waals surface area contributed by atoms with E-state index in [1.54, 1.807) is 0 Å². The molecule has 2 atom stereocenters. The zero-order valence-electron chi connectivity index (χ0n) is 23.9. The summed E-state index contributed by atoms with van der Waals surface area (Å²) in [5.74, 6) is 0. The molecule has 8 aromatic rings. The van der Waals surface area contributed by atoms with Gasteiger partial charge in [-0.15, -0.1) is 11.3 Å². The highest BCUT2D eigenvalue weighted by molar-refractivity contribution is 7.25. The lowest BCUT2D eigenvalue weighted by atomic mass is 10.0. The standard InChI is InChI=1S/C39H30N4S/c1-3-11-25(12-4-1)37-40-38(26-13-5-2-6-14-26)42-39(41-37)27-19-21-28(22-20-27)43-33-17-9-7-15-29(33)31-24-36-32(23-34(31)43)30-16-8-10-18-35(30)44-36/h1-24,37-42H. The lowest BCUT2D eigenvalue weighted by Gasteiger charge is -2.39. The molecule has 3 N–H and O–H groups in total. The van der Waals surface area contributed by atoms with Gasteiger partial charge in [-0.1, -0.05) is 109 Å². The molecule has 0 spiro atoms. The highest BCUT2D eigenvalue weighted by Crippen LogP contribution is 2.40. The Morgan fingerprint density at radius 2 is 0.955 bits per heavy atom. The monoisotopic (exact) mass is 586 g/mol. The summed E-state index contributed by atoms with van der Waals surface area (Å²) < 4.78 is 5.09. The molecule has 6 aromatic carbocycles. The normalized spacial score (nSPS) is 18.9. The van der Waals surface area contributed by atoms with Crippen molar-refractivity contribution < 1.29 is 0 Å². The molecule has 1 aliphatic rings. The van der Waals surface area contributed by atoms with E-state index in [0.717, 1.165) is 5.69 Å². The fourth-order valence-electron chi connectivity index (χ4n) is 6.79. The second-order valence-electron chi connectivity index (χ2n) is 11.5. The lowest BCUT2D eigenvalue weighted by molar-refractivity contribution is 0.203. The number of nitrogens with zero attached hydrogens (tertiary/aromatic N) is 1. The van der Waals surface area contributed by atoms with E-state index in [4.69, 9.17) is 0 Å². The van der Waals surface area contributed by atoms with E-state index >= 15 is 0 Å². The van der Waals surface area contributed by atoms with Crippen LogP contribution >= 0.6 is 11.3 Å². The third kappa shape index (κ3) is 4.25. The van der Waals surface area contributed by atoms with Crippen molar-refractivity contribution in [2.24, 2.45) is 0 Å². The van der Waals surface area contributed by atoms with E-state index in [2.05, 4.69) is 166 Å². The van der Waals surface area contributed by atoms with Gasteiger partial charge in [-0.2, -0.15) is 0 Å². The van der Waals surface area contributed by atoms with Crippen molar-refractivity contribution in [1.82, 2.24) is 20.5 Å². The van der Waals surface area contributed by atoms with Gasteiger partial charge in [0.1, 0.15) is 0 Å². The molecule has 0 aliphatic carbocycles. The molecule has 44 heavy (non-hydrogen) atoms. The maximum Gasteiger partial charge on any atom is 0.0864 e. The Labute approximate surface area is 259 Å². The van der Waals surface area contributed by atoms with Crippen LogP contribution in [0.1, 0.15) is 35.2 Å². The summed E-state index contributed by atoms with van der Waals surface area (Å²) in [5, 5.41) is 16.6. The van der Waals surface area contributed by atoms with Crippen LogP contribution in [0.15, 0.2) is 146 Å². The van der Waals surface area contributed by atoms with Crippen molar-refractivity contribution in [1.29, 1.82) is 0 Å². The molecule has 2 unspecified atom stereocenters. The molecule has 1 saturated heterocycles. The molecule has 3 heterocycles. The van der Waals surface area contributed by atoms with Crippen molar-refractivity contribution in [3.8, 4) is 5.69 Å². The van der Waals surface area contributed by atoms with Crippen LogP contribution in [0, 0.1) is 0 Å². The highest BCUT2D eigenvalue weighted by atomic mass is 32.1. The minimum Gasteiger partial charge on any atom is -0.309 e. The van der Waals surface area contributed by atoms with Gasteiger partial charge in [0, 0.05) is 36.6 Å². The smallest absolute Gasteiger partial charge is 0.0864 e. The summed E-state index contributed by atoms with van der Waals surface area (Å²) in [4.78, 5) is 0. The average Bonchev–Trinajstić information content (AvgIpc) is 3.63. The molecular formula is C39H30N4S. The first-order valence-corrected chi connectivity index (χ1v) is 15.9. The van der Waals surface area contributed by atoms with Gasteiger partial charge in [-0.3, -0.25) is 16.0 Å². The Morgan fingerprint density at radius 1 is 0.409 bits per heavy atom. The van der Waals surface area contributed by atoms with Crippen LogP contribution in [0.3, 0.4) is 0 Å². The van der Waals surface area contributed by atoms with Gasteiger partial charge >= 0.3 is 0 Å². The molecule has 0 saturated carbocycles. The molecule has 2 aromatic heterocycles. The Balaban J connectivity index is 1.14. The summed E-state index contributed by atoms with van der Waals surface area (Å²) in [6.07, 6.45) is -0.0179. The van der Waals surface area contributed by atoms with Crippen LogP contribution in [0.5, 0.6) is 0 Å². The summed E-state index contributed by atoms with van der Waals surface area (Å²) in [6, 6.07) is 52.5. The third-order valence-electron chi connectivity index (χ3n) is 8.92. The van der Waals surface area contributed by atoms with E-state index in [-0.39, 0.29) is 18.5 Å². The fraction of sp³-hybridized carbons (Fsp3) is 0.0769. The van der Waals surface area contributed by atoms with Gasteiger partial charge in [0.15, 0.2) is 0 Å². The summed E-state index contributed by atoms with van der Waals surface area (Å²) in [6.45, 7) is 0. The third-order valence-corrected chi connectivity index (χ3v) is 10.1. The topological polar surface area (TPSA) is 41.0 Å². The van der Waals surface area contributed by atoms with Crippen LogP contribution in [-0.4, -0.2) is 4.57 Å². The first-order chi connectivity index (χ1) is 21.8. The quantitative estimate of drug-likeness (QED) is 0.192. The van der Waals surface area contributed by atoms with Crippen LogP contribution in [0.2, 0.25) is 0 Å². The molecule has 4 nitrogen and oxygen atoms in total. The van der Waals surface area contributed by atoms with Crippen LogP contribution in [-0.2, 0) is 0 Å². The van der Waals surface area contributed by atoms with Crippen molar-refractivity contribution >= 4 is 53.3 Å². The largest absolute Gasteiger partial charge is 0.309 e. The van der Waals surface area contributed by atoms with Gasteiger partial charge < -0.3 is 4.57 Å². The SMILES string of the molecule is c1ccc(C2NC(c3ccccc3)NC(c3ccc(-n4c5ccccc5c5cc6sc7ccccc7c6cc54)cc3)N2)cc1. The first-order valence-electron chi connectivity index (χ1n) is 15.1. The zero-order chi connectivity index (χ0) is 29.0. The Kier molecular flexibility index (Phi) is 6.10. The summed E-state index contributed by atoms with van der Waals surface area (Å²) in [5.41, 5.74) is 7.25. The van der Waals surface area contributed by atoms with Crippen LogP contribution < -0.4 is 16.0 Å². The van der Waals surface area contributed by atoms with Crippen LogP contribution in [0.25, 0.3) is 47.7 Å². The number of benzene rings is 6. The number of hydrogen-bond acceptors (Lipinski definition) is 4. The van der Waals surface area contributed by atoms with E-state index in [0.29, 0.717) is 0 Å². The zero-order valence-corrected chi connectivity index (χ0v) is 24.8. The Morgan fingerprint density at radius 3 is 1.61 bits per heavy atom. The molecule has 212 valence electrons. The van der Waals surface area contributed by atoms with E-state index in [1.807, 2.05) is 11.3 Å². The van der Waals surface area contributed by atoms with Gasteiger partial charge in [0.25, 0.3) is 0 Å². The van der Waals surface area contributed by atoms with Gasteiger partial charge in [0.2, 0.25) is 0 Å². The average molecular weight is 587 g/mol. The molecule has 1 fully saturated rings. The summed E-state index contributed by atoms with van der Waals surface area (Å²) in [7, 11) is 0. The van der Waals surface area contributed by atoms with E-state index in [9.17, 15) is 0 Å². The van der Waals surface area contributed by atoms with Crippen molar-refractivity contribution in [3.63, 3.8) is 0 Å². The lowest BCUT2D eigenvalue weighted by Crippen LogP contribution is -2.54. The Hall–Kier alpha value is -4.78. The van der Waals surface area contributed by atoms with E-state index in [1.165, 1.54) is 58.7 Å². The second-order valence-corrected chi connectivity index (χ2v) is 12.6.